The summed E-state index contributed by atoms with van der Waals surface area (Å²) in [4.78, 5) is 0. The Labute approximate surface area is 194 Å². The van der Waals surface area contributed by atoms with Crippen LogP contribution < -0.4 is 4.74 Å². The van der Waals surface area contributed by atoms with E-state index >= 15 is 0 Å². The lowest BCUT2D eigenvalue weighted by Crippen LogP contribution is -2.04. The fourth-order valence-corrected chi connectivity index (χ4v) is 3.58. The number of hydrogen-bond donors (Lipinski definition) is 1. The Hall–Kier alpha value is -3.66. The van der Waals surface area contributed by atoms with E-state index in [9.17, 15) is 8.78 Å². The maximum absolute atomic E-state index is 12.4. The van der Waals surface area contributed by atoms with E-state index in [1.165, 1.54) is 22.4 Å². The molecule has 2 aromatic carbocycles. The molecule has 7 nitrogen and oxygen atoms in total. The summed E-state index contributed by atoms with van der Waals surface area (Å²) in [7, 11) is 0. The average Bonchev–Trinajstić information content (AvgIpc) is 3.27. The molecule has 0 bridgehead atoms. The number of rotatable bonds is 7. The summed E-state index contributed by atoms with van der Waals surface area (Å²) in [6.45, 7) is 3.75. The number of nitrogens with one attached hydrogen (secondary N) is 1. The Morgan fingerprint density at radius 3 is 2.45 bits per heavy atom. The molecule has 1 N–H and O–H groups in total. The lowest BCUT2D eigenvalue weighted by Gasteiger charge is -2.06. The topological polar surface area (TPSA) is 73.0 Å². The largest absolute Gasteiger partial charge is 0.435 e. The molecule has 4 rings (SSSR count). The molecule has 2 heterocycles. The van der Waals surface area contributed by atoms with E-state index in [-0.39, 0.29) is 5.75 Å². The molecule has 33 heavy (non-hydrogen) atoms. The van der Waals surface area contributed by atoms with Crippen molar-refractivity contribution in [3.05, 3.63) is 81.4 Å². The van der Waals surface area contributed by atoms with Crippen LogP contribution in [0.4, 0.5) is 8.78 Å². The van der Waals surface area contributed by atoms with Gasteiger partial charge in [0, 0.05) is 16.8 Å². The zero-order chi connectivity index (χ0) is 23.5. The van der Waals surface area contributed by atoms with Gasteiger partial charge in [0.2, 0.25) is 4.77 Å². The van der Waals surface area contributed by atoms with Crippen LogP contribution in [0, 0.1) is 25.5 Å². The third kappa shape index (κ3) is 5.06. The molecule has 0 fully saturated rings. The first kappa shape index (κ1) is 22.5. The number of H-pyrrole nitrogens is 1. The van der Waals surface area contributed by atoms with E-state index in [0.29, 0.717) is 22.7 Å². The van der Waals surface area contributed by atoms with E-state index in [2.05, 4.69) is 56.3 Å². The Morgan fingerprint density at radius 2 is 1.79 bits per heavy atom. The van der Waals surface area contributed by atoms with Gasteiger partial charge >= 0.3 is 6.61 Å². The summed E-state index contributed by atoms with van der Waals surface area (Å²) in [5.74, 6) is 0.507. The number of hydrogen-bond acceptors (Lipinski definition) is 5. The Kier molecular flexibility index (Phi) is 6.45. The molecular formula is C23H22F2N6OS. The lowest BCUT2D eigenvalue weighted by atomic mass is 10.1. The first-order chi connectivity index (χ1) is 15.8. The van der Waals surface area contributed by atoms with Crippen LogP contribution in [0.15, 0.2) is 53.6 Å². The van der Waals surface area contributed by atoms with Crippen molar-refractivity contribution in [1.29, 1.82) is 0 Å². The van der Waals surface area contributed by atoms with Crippen LogP contribution in [-0.4, -0.2) is 37.5 Å². The molecule has 10 heteroatoms. The van der Waals surface area contributed by atoms with Crippen molar-refractivity contribution in [2.75, 3.05) is 0 Å². The molecule has 2 aromatic heterocycles. The molecular weight excluding hydrogens is 446 g/mol. The summed E-state index contributed by atoms with van der Waals surface area (Å²) in [5, 5.41) is 16.1. The highest BCUT2D eigenvalue weighted by Crippen LogP contribution is 2.22. The van der Waals surface area contributed by atoms with Crippen molar-refractivity contribution in [1.82, 2.24) is 24.7 Å². The van der Waals surface area contributed by atoms with Gasteiger partial charge in [0.15, 0.2) is 5.82 Å². The fourth-order valence-electron chi connectivity index (χ4n) is 3.40. The van der Waals surface area contributed by atoms with Gasteiger partial charge in [0.05, 0.1) is 18.5 Å². The first-order valence-corrected chi connectivity index (χ1v) is 10.6. The second-order valence-electron chi connectivity index (χ2n) is 7.54. The zero-order valence-corrected chi connectivity index (χ0v) is 19.1. The Balaban J connectivity index is 1.60. The summed E-state index contributed by atoms with van der Waals surface area (Å²) in [6, 6.07) is 14.5. The quantitative estimate of drug-likeness (QED) is 0.297. The highest BCUT2D eigenvalue weighted by atomic mass is 32.1. The molecule has 0 spiro atoms. The smallest absolute Gasteiger partial charge is 0.387 e. The molecule has 0 radical (unpaired) electrons. The lowest BCUT2D eigenvalue weighted by molar-refractivity contribution is -0.0498. The minimum Gasteiger partial charge on any atom is -0.435 e. The number of nitrogens with zero attached hydrogens (tertiary/aromatic N) is 5. The van der Waals surface area contributed by atoms with E-state index in [1.807, 2.05) is 18.5 Å². The number of alkyl halides is 2. The monoisotopic (exact) mass is 468 g/mol. The number of benzene rings is 2. The van der Waals surface area contributed by atoms with Crippen LogP contribution in [0.2, 0.25) is 0 Å². The third-order valence-electron chi connectivity index (χ3n) is 5.18. The Morgan fingerprint density at radius 1 is 1.09 bits per heavy atom. The van der Waals surface area contributed by atoms with Gasteiger partial charge in [0.1, 0.15) is 5.75 Å². The number of aromatic amines is 1. The van der Waals surface area contributed by atoms with Crippen molar-refractivity contribution < 1.29 is 13.5 Å². The minimum absolute atomic E-state index is 0.0603. The van der Waals surface area contributed by atoms with Gasteiger partial charge in [-0.05, 0) is 62.8 Å². The molecule has 0 saturated carbocycles. The number of aromatic nitrogens is 5. The molecule has 0 saturated heterocycles. The molecule has 0 amide bonds. The van der Waals surface area contributed by atoms with Gasteiger partial charge in [-0.25, -0.2) is 5.10 Å². The minimum atomic E-state index is -2.88. The molecule has 4 aromatic rings. The van der Waals surface area contributed by atoms with E-state index in [0.717, 1.165) is 22.5 Å². The molecule has 0 aliphatic heterocycles. The van der Waals surface area contributed by atoms with Crippen molar-refractivity contribution in [2.24, 2.45) is 5.10 Å². The molecule has 170 valence electrons. The Bertz CT molecular complexity index is 1340. The van der Waals surface area contributed by atoms with Gasteiger partial charge in [-0.15, -0.1) is 0 Å². The fraction of sp³-hybridized carbons (Fsp3) is 0.217. The van der Waals surface area contributed by atoms with Crippen LogP contribution in [0.25, 0.3) is 11.4 Å². The SMILES string of the molecule is Cc1ccc(Cn2nc(C)c(/C=N/n3c(-c4ccc(OC(F)F)cc4)n[nH]c3=S)c2C)cc1. The van der Waals surface area contributed by atoms with Gasteiger partial charge in [-0.3, -0.25) is 4.68 Å². The molecule has 0 unspecified atom stereocenters. The van der Waals surface area contributed by atoms with Crippen molar-refractivity contribution in [2.45, 2.75) is 33.9 Å². The van der Waals surface area contributed by atoms with Crippen molar-refractivity contribution >= 4 is 18.4 Å². The number of halogens is 2. The van der Waals surface area contributed by atoms with Crippen LogP contribution in [0.1, 0.15) is 28.1 Å². The third-order valence-corrected chi connectivity index (χ3v) is 5.45. The molecule has 0 aliphatic rings. The van der Waals surface area contributed by atoms with Crippen LogP contribution >= 0.6 is 12.2 Å². The second kappa shape index (κ2) is 9.45. The van der Waals surface area contributed by atoms with Gasteiger partial charge in [-0.1, -0.05) is 29.8 Å². The van der Waals surface area contributed by atoms with Gasteiger partial charge < -0.3 is 4.74 Å². The standard InChI is InChI=1S/C23H22F2N6OS/c1-14-4-6-17(7-5-14)13-30-16(3)20(15(2)29-30)12-26-31-21(27-28-23(31)33)18-8-10-19(11-9-18)32-22(24)25/h4-12,22H,13H2,1-3H3,(H,28,33)/b26-12+. The first-order valence-electron chi connectivity index (χ1n) is 10.2. The molecule has 0 atom stereocenters. The summed E-state index contributed by atoms with van der Waals surface area (Å²) >= 11 is 5.33. The summed E-state index contributed by atoms with van der Waals surface area (Å²) in [5.41, 5.74) is 5.72. The molecule has 0 aliphatic carbocycles. The second-order valence-corrected chi connectivity index (χ2v) is 7.93. The highest BCUT2D eigenvalue weighted by molar-refractivity contribution is 7.71. The summed E-state index contributed by atoms with van der Waals surface area (Å²) in [6.07, 6.45) is 1.70. The van der Waals surface area contributed by atoms with Crippen molar-refractivity contribution in [3.8, 4) is 17.1 Å². The maximum Gasteiger partial charge on any atom is 0.387 e. The predicted molar refractivity (Wildman–Crippen MR) is 124 cm³/mol. The zero-order valence-electron chi connectivity index (χ0n) is 18.3. The predicted octanol–water partition coefficient (Wildman–Crippen LogP) is 5.26. The van der Waals surface area contributed by atoms with Crippen LogP contribution in [0.5, 0.6) is 5.75 Å². The normalized spacial score (nSPS) is 11.6. The highest BCUT2D eigenvalue weighted by Gasteiger charge is 2.13. The van der Waals surface area contributed by atoms with Crippen LogP contribution in [-0.2, 0) is 6.54 Å². The maximum atomic E-state index is 12.4. The van der Waals surface area contributed by atoms with E-state index in [1.54, 1.807) is 18.3 Å². The average molecular weight is 469 g/mol. The number of ether oxygens (including phenoxy) is 1. The van der Waals surface area contributed by atoms with Gasteiger partial charge in [-0.2, -0.15) is 28.8 Å². The number of aryl methyl sites for hydroxylation is 2. The van der Waals surface area contributed by atoms with Gasteiger partial charge in [0.25, 0.3) is 0 Å². The van der Waals surface area contributed by atoms with E-state index < -0.39 is 6.61 Å². The van der Waals surface area contributed by atoms with Crippen LogP contribution in [0.3, 0.4) is 0 Å². The van der Waals surface area contributed by atoms with E-state index in [4.69, 9.17) is 12.2 Å². The van der Waals surface area contributed by atoms with Crippen molar-refractivity contribution in [3.63, 3.8) is 0 Å². The summed E-state index contributed by atoms with van der Waals surface area (Å²) < 4.78 is 32.9.